The summed E-state index contributed by atoms with van der Waals surface area (Å²) in [5.74, 6) is 1.15. The number of fused-ring (bicyclic) bond motifs is 5. The van der Waals surface area contributed by atoms with E-state index < -0.39 is 0 Å². The zero-order valence-electron chi connectivity index (χ0n) is 12.0. The average Bonchev–Trinajstić information content (AvgIpc) is 2.75. The second-order valence-electron chi connectivity index (χ2n) is 6.87. The van der Waals surface area contributed by atoms with Crippen molar-refractivity contribution >= 4 is 11.6 Å². The Morgan fingerprint density at radius 2 is 1.90 bits per heavy atom. The summed E-state index contributed by atoms with van der Waals surface area (Å²) in [5, 5.41) is 0. The highest BCUT2D eigenvalue weighted by atomic mass is 16.1. The molecule has 0 unspecified atom stereocenters. The normalized spacial score (nSPS) is 31.8. The van der Waals surface area contributed by atoms with Crippen LogP contribution in [0.1, 0.15) is 72.0 Å². The average molecular weight is 268 g/mol. The lowest BCUT2D eigenvalue weighted by Crippen LogP contribution is -2.33. The molecular weight excluding hydrogens is 248 g/mol. The Kier molecular flexibility index (Phi) is 2.48. The first-order valence-corrected chi connectivity index (χ1v) is 7.82. The van der Waals surface area contributed by atoms with Gasteiger partial charge in [-0.05, 0) is 54.7 Å². The summed E-state index contributed by atoms with van der Waals surface area (Å²) < 4.78 is 0. The molecule has 104 valence electrons. The van der Waals surface area contributed by atoms with Gasteiger partial charge in [-0.3, -0.25) is 9.59 Å². The van der Waals surface area contributed by atoms with E-state index in [1.54, 1.807) is 0 Å². The highest BCUT2D eigenvalue weighted by Crippen LogP contribution is 2.54. The smallest absolute Gasteiger partial charge is 0.163 e. The van der Waals surface area contributed by atoms with Crippen molar-refractivity contribution in [2.24, 2.45) is 5.41 Å². The fourth-order valence-corrected chi connectivity index (χ4v) is 4.71. The van der Waals surface area contributed by atoms with Crippen LogP contribution >= 0.6 is 0 Å². The summed E-state index contributed by atoms with van der Waals surface area (Å²) in [4.78, 5) is 24.3. The van der Waals surface area contributed by atoms with E-state index in [4.69, 9.17) is 0 Å². The number of rotatable bonds is 0. The molecule has 1 fully saturated rings. The summed E-state index contributed by atoms with van der Waals surface area (Å²) in [6.07, 6.45) is 6.40. The van der Waals surface area contributed by atoms with Gasteiger partial charge in [-0.1, -0.05) is 19.1 Å². The van der Waals surface area contributed by atoms with Crippen molar-refractivity contribution < 1.29 is 9.59 Å². The van der Waals surface area contributed by atoms with Crippen molar-refractivity contribution in [1.29, 1.82) is 0 Å². The fraction of sp³-hybridized carbons (Fsp3) is 0.556. The van der Waals surface area contributed by atoms with Crippen LogP contribution < -0.4 is 0 Å². The van der Waals surface area contributed by atoms with Gasteiger partial charge in [0, 0.05) is 23.8 Å². The number of hydrogen-bond donors (Lipinski definition) is 0. The third-order valence-corrected chi connectivity index (χ3v) is 5.93. The molecule has 4 rings (SSSR count). The SMILES string of the molecule is C[C@]12CCc3c(ccc4c3CCCC4=O)[C@@H]1CCC2=O. The zero-order chi connectivity index (χ0) is 13.9. The lowest BCUT2D eigenvalue weighted by molar-refractivity contribution is -0.126. The number of benzene rings is 1. The van der Waals surface area contributed by atoms with Crippen LogP contribution in [0.5, 0.6) is 0 Å². The minimum atomic E-state index is -0.139. The van der Waals surface area contributed by atoms with E-state index in [2.05, 4.69) is 13.0 Å². The molecule has 0 N–H and O–H groups in total. The number of ketones is 2. The van der Waals surface area contributed by atoms with Crippen molar-refractivity contribution in [2.75, 3.05) is 0 Å². The molecule has 2 nitrogen and oxygen atoms in total. The summed E-state index contributed by atoms with van der Waals surface area (Å²) in [7, 11) is 0. The van der Waals surface area contributed by atoms with Crippen LogP contribution in [0.3, 0.4) is 0 Å². The molecular formula is C18H20O2. The van der Waals surface area contributed by atoms with Gasteiger partial charge < -0.3 is 0 Å². The maximum Gasteiger partial charge on any atom is 0.163 e. The summed E-state index contributed by atoms with van der Waals surface area (Å²) in [6.45, 7) is 2.15. The van der Waals surface area contributed by atoms with Crippen molar-refractivity contribution in [2.45, 2.75) is 57.8 Å². The summed E-state index contributed by atoms with van der Waals surface area (Å²) >= 11 is 0. The standard InChI is InChI=1S/C18H20O2/c1-18-10-9-12-11-3-2-4-16(19)14(11)6-5-13(12)15(18)7-8-17(18)20/h5-6,15H,2-4,7-10H2,1H3/t15-,18-/m0/s1. The molecule has 1 aromatic rings. The molecule has 20 heavy (non-hydrogen) atoms. The number of Topliss-reactive ketones (excluding diaryl/α,β-unsaturated/α-hetero) is 2. The van der Waals surface area contributed by atoms with E-state index in [0.29, 0.717) is 23.9 Å². The van der Waals surface area contributed by atoms with Gasteiger partial charge in [0.15, 0.2) is 5.78 Å². The molecule has 0 bridgehead atoms. The summed E-state index contributed by atoms with van der Waals surface area (Å²) in [5.41, 5.74) is 4.91. The van der Waals surface area contributed by atoms with Crippen molar-refractivity contribution in [1.82, 2.24) is 0 Å². The lowest BCUT2D eigenvalue weighted by Gasteiger charge is -2.38. The second-order valence-corrected chi connectivity index (χ2v) is 6.87. The molecule has 2 heteroatoms. The number of hydrogen-bond acceptors (Lipinski definition) is 2. The molecule has 0 spiro atoms. The molecule has 0 radical (unpaired) electrons. The fourth-order valence-electron chi connectivity index (χ4n) is 4.71. The molecule has 1 aromatic carbocycles. The van der Waals surface area contributed by atoms with Gasteiger partial charge in [-0.15, -0.1) is 0 Å². The molecule has 0 amide bonds. The van der Waals surface area contributed by atoms with E-state index in [9.17, 15) is 9.59 Å². The number of carbonyl (C=O) groups excluding carboxylic acids is 2. The minimum absolute atomic E-state index is 0.139. The van der Waals surface area contributed by atoms with Gasteiger partial charge in [0.2, 0.25) is 0 Å². The predicted octanol–water partition coefficient (Wildman–Crippen LogP) is 3.60. The van der Waals surface area contributed by atoms with Crippen LogP contribution in [0.15, 0.2) is 12.1 Å². The van der Waals surface area contributed by atoms with E-state index >= 15 is 0 Å². The van der Waals surface area contributed by atoms with Crippen LogP contribution in [0.2, 0.25) is 0 Å². The van der Waals surface area contributed by atoms with Crippen LogP contribution in [0.4, 0.5) is 0 Å². The molecule has 1 saturated carbocycles. The quantitative estimate of drug-likeness (QED) is 0.720. The van der Waals surface area contributed by atoms with Crippen LogP contribution in [0.25, 0.3) is 0 Å². The highest BCUT2D eigenvalue weighted by molar-refractivity contribution is 5.99. The molecule has 0 aliphatic heterocycles. The zero-order valence-corrected chi connectivity index (χ0v) is 12.0. The Balaban J connectivity index is 1.88. The van der Waals surface area contributed by atoms with Gasteiger partial charge in [0.25, 0.3) is 0 Å². The Morgan fingerprint density at radius 3 is 2.75 bits per heavy atom. The second kappa shape index (κ2) is 4.03. The first kappa shape index (κ1) is 12.3. The van der Waals surface area contributed by atoms with Gasteiger partial charge in [-0.2, -0.15) is 0 Å². The van der Waals surface area contributed by atoms with Crippen LogP contribution in [-0.4, -0.2) is 11.6 Å². The lowest BCUT2D eigenvalue weighted by atomic mass is 9.65. The largest absolute Gasteiger partial charge is 0.299 e. The molecule has 0 saturated heterocycles. The maximum absolute atomic E-state index is 12.2. The Labute approximate surface area is 119 Å². The highest BCUT2D eigenvalue weighted by Gasteiger charge is 2.49. The molecule has 2 atom stereocenters. The monoisotopic (exact) mass is 268 g/mol. The Bertz CT molecular complexity index is 629. The van der Waals surface area contributed by atoms with Crippen LogP contribution in [0, 0.1) is 5.41 Å². The summed E-state index contributed by atoms with van der Waals surface area (Å²) in [6, 6.07) is 4.18. The predicted molar refractivity (Wildman–Crippen MR) is 77.1 cm³/mol. The Morgan fingerprint density at radius 1 is 1.05 bits per heavy atom. The topological polar surface area (TPSA) is 34.1 Å². The Hall–Kier alpha value is -1.44. The van der Waals surface area contributed by atoms with E-state index in [1.165, 1.54) is 16.7 Å². The third kappa shape index (κ3) is 1.45. The van der Waals surface area contributed by atoms with Gasteiger partial charge in [0.1, 0.15) is 5.78 Å². The minimum Gasteiger partial charge on any atom is -0.299 e. The molecule has 3 aliphatic rings. The number of carbonyl (C=O) groups is 2. The first-order chi connectivity index (χ1) is 9.61. The van der Waals surface area contributed by atoms with E-state index in [1.807, 2.05) is 6.07 Å². The van der Waals surface area contributed by atoms with Crippen molar-refractivity contribution in [3.63, 3.8) is 0 Å². The molecule has 0 aromatic heterocycles. The van der Waals surface area contributed by atoms with Crippen molar-refractivity contribution in [3.05, 3.63) is 34.4 Å². The molecule has 3 aliphatic carbocycles. The maximum atomic E-state index is 12.2. The van der Waals surface area contributed by atoms with Crippen LogP contribution in [-0.2, 0) is 17.6 Å². The van der Waals surface area contributed by atoms with Gasteiger partial charge in [0.05, 0.1) is 0 Å². The third-order valence-electron chi connectivity index (χ3n) is 5.93. The van der Waals surface area contributed by atoms with E-state index in [-0.39, 0.29) is 5.41 Å². The first-order valence-electron chi connectivity index (χ1n) is 7.82. The van der Waals surface area contributed by atoms with Gasteiger partial charge >= 0.3 is 0 Å². The molecule has 0 heterocycles. The van der Waals surface area contributed by atoms with Gasteiger partial charge in [-0.25, -0.2) is 0 Å². The van der Waals surface area contributed by atoms with Crippen molar-refractivity contribution in [3.8, 4) is 0 Å². The van der Waals surface area contributed by atoms with E-state index in [0.717, 1.165) is 44.1 Å².